The second-order valence-corrected chi connectivity index (χ2v) is 8.36. The fraction of sp³-hybridized carbons (Fsp3) is 0.417. The van der Waals surface area contributed by atoms with Crippen LogP contribution in [0.2, 0.25) is 0 Å². The van der Waals surface area contributed by atoms with Gasteiger partial charge in [-0.2, -0.15) is 0 Å². The molecule has 1 aromatic carbocycles. The minimum atomic E-state index is -0.123. The van der Waals surface area contributed by atoms with E-state index in [4.69, 9.17) is 14.5 Å². The largest absolute Gasteiger partial charge is 0.454 e. The number of anilines is 1. The number of carbonyl (C=O) groups excluding carboxylic acids is 1. The Labute approximate surface area is 183 Å². The molecule has 0 saturated heterocycles. The van der Waals surface area contributed by atoms with Gasteiger partial charge in [-0.05, 0) is 48.6 Å². The predicted octanol–water partition coefficient (Wildman–Crippen LogP) is 4.04. The molecular weight excluding hydrogens is 392 g/mol. The monoisotopic (exact) mass is 422 g/mol. The Hall–Kier alpha value is -3.22. The summed E-state index contributed by atoms with van der Waals surface area (Å²) in [6.45, 7) is 8.17. The second-order valence-electron chi connectivity index (χ2n) is 8.36. The quantitative estimate of drug-likeness (QED) is 0.593. The lowest BCUT2D eigenvalue weighted by molar-refractivity contribution is 0.0950. The standard InChI is InChI=1S/C24H30N4O3/c1-5-19-24(27(4)11-10-16(2)3)28-14-18(7-9-22(28)26-19)23(29)25-13-17-6-8-20-21(12-17)31-15-30-20/h6-9,12,14,16H,5,10-11,13,15H2,1-4H3,(H,25,29). The number of fused-ring (bicyclic) bond motifs is 2. The van der Waals surface area contributed by atoms with Gasteiger partial charge in [0.15, 0.2) is 11.5 Å². The summed E-state index contributed by atoms with van der Waals surface area (Å²) in [6.07, 6.45) is 3.83. The molecule has 3 aromatic rings. The Bertz CT molecular complexity index is 1090. The van der Waals surface area contributed by atoms with Crippen LogP contribution < -0.4 is 19.7 Å². The Morgan fingerprint density at radius 1 is 1.23 bits per heavy atom. The first-order valence-electron chi connectivity index (χ1n) is 10.8. The van der Waals surface area contributed by atoms with E-state index in [0.717, 1.165) is 47.9 Å². The number of hydrogen-bond acceptors (Lipinski definition) is 5. The van der Waals surface area contributed by atoms with E-state index in [9.17, 15) is 4.79 Å². The van der Waals surface area contributed by atoms with Crippen molar-refractivity contribution in [3.63, 3.8) is 0 Å². The molecule has 2 aromatic heterocycles. The predicted molar refractivity (Wildman–Crippen MR) is 121 cm³/mol. The summed E-state index contributed by atoms with van der Waals surface area (Å²) >= 11 is 0. The summed E-state index contributed by atoms with van der Waals surface area (Å²) in [5, 5.41) is 3.00. The molecule has 0 atom stereocenters. The molecule has 7 nitrogen and oxygen atoms in total. The molecule has 1 aliphatic heterocycles. The number of hydrogen-bond donors (Lipinski definition) is 1. The van der Waals surface area contributed by atoms with E-state index in [0.29, 0.717) is 23.8 Å². The zero-order valence-electron chi connectivity index (χ0n) is 18.6. The molecule has 7 heteroatoms. The molecule has 4 rings (SSSR count). The number of ether oxygens (including phenoxy) is 2. The van der Waals surface area contributed by atoms with Crippen LogP contribution in [0.4, 0.5) is 5.82 Å². The molecule has 0 radical (unpaired) electrons. The van der Waals surface area contributed by atoms with E-state index in [2.05, 4.69) is 38.0 Å². The smallest absolute Gasteiger partial charge is 0.253 e. The Kier molecular flexibility index (Phi) is 6.02. The van der Waals surface area contributed by atoms with Crippen LogP contribution >= 0.6 is 0 Å². The van der Waals surface area contributed by atoms with E-state index in [1.54, 1.807) is 0 Å². The van der Waals surface area contributed by atoms with Crippen molar-refractivity contribution >= 4 is 17.4 Å². The zero-order chi connectivity index (χ0) is 22.0. The number of nitrogens with one attached hydrogen (secondary N) is 1. The van der Waals surface area contributed by atoms with E-state index in [-0.39, 0.29) is 12.7 Å². The minimum absolute atomic E-state index is 0.123. The van der Waals surface area contributed by atoms with E-state index < -0.39 is 0 Å². The molecule has 0 aliphatic carbocycles. The average molecular weight is 423 g/mol. The number of aromatic nitrogens is 2. The molecule has 0 spiro atoms. The molecule has 0 unspecified atom stereocenters. The molecule has 1 N–H and O–H groups in total. The number of amides is 1. The maximum absolute atomic E-state index is 12.9. The number of pyridine rings is 1. The summed E-state index contributed by atoms with van der Waals surface area (Å²) in [4.78, 5) is 19.9. The maximum atomic E-state index is 12.9. The van der Waals surface area contributed by atoms with Crippen molar-refractivity contribution in [3.8, 4) is 11.5 Å². The van der Waals surface area contributed by atoms with Gasteiger partial charge in [0.25, 0.3) is 5.91 Å². The van der Waals surface area contributed by atoms with Crippen molar-refractivity contribution in [1.29, 1.82) is 0 Å². The van der Waals surface area contributed by atoms with Crippen LogP contribution in [-0.4, -0.2) is 35.7 Å². The van der Waals surface area contributed by atoms with Crippen LogP contribution in [0.1, 0.15) is 48.8 Å². The Morgan fingerprint density at radius 2 is 2.03 bits per heavy atom. The first-order valence-corrected chi connectivity index (χ1v) is 10.8. The van der Waals surface area contributed by atoms with Crippen LogP contribution in [0.15, 0.2) is 36.5 Å². The highest BCUT2D eigenvalue weighted by molar-refractivity contribution is 5.94. The summed E-state index contributed by atoms with van der Waals surface area (Å²) in [5.41, 5.74) is 3.47. The average Bonchev–Trinajstić information content (AvgIpc) is 3.38. The zero-order valence-corrected chi connectivity index (χ0v) is 18.6. The van der Waals surface area contributed by atoms with Crippen molar-refractivity contribution in [1.82, 2.24) is 14.7 Å². The van der Waals surface area contributed by atoms with E-state index in [1.807, 2.05) is 40.9 Å². The van der Waals surface area contributed by atoms with Gasteiger partial charge in [0, 0.05) is 26.3 Å². The summed E-state index contributed by atoms with van der Waals surface area (Å²) in [5.74, 6) is 3.02. The van der Waals surface area contributed by atoms with Gasteiger partial charge >= 0.3 is 0 Å². The molecule has 1 amide bonds. The van der Waals surface area contributed by atoms with Gasteiger partial charge in [0.05, 0.1) is 11.3 Å². The SMILES string of the molecule is CCc1nc2ccc(C(=O)NCc3ccc4c(c3)OCO4)cn2c1N(C)CCC(C)C. The van der Waals surface area contributed by atoms with Crippen LogP contribution in [0.3, 0.4) is 0 Å². The van der Waals surface area contributed by atoms with Gasteiger partial charge in [-0.15, -0.1) is 0 Å². The minimum Gasteiger partial charge on any atom is -0.454 e. The van der Waals surface area contributed by atoms with Crippen molar-refractivity contribution < 1.29 is 14.3 Å². The molecule has 164 valence electrons. The van der Waals surface area contributed by atoms with Crippen molar-refractivity contribution in [2.75, 3.05) is 25.3 Å². The lowest BCUT2D eigenvalue weighted by Crippen LogP contribution is -2.24. The first-order chi connectivity index (χ1) is 15.0. The molecule has 1 aliphatic rings. The van der Waals surface area contributed by atoms with Crippen molar-refractivity contribution in [3.05, 3.63) is 53.3 Å². The number of imidazole rings is 1. The van der Waals surface area contributed by atoms with Gasteiger partial charge in [-0.25, -0.2) is 4.98 Å². The second kappa shape index (κ2) is 8.88. The first kappa shape index (κ1) is 21.0. The summed E-state index contributed by atoms with van der Waals surface area (Å²) < 4.78 is 12.8. The van der Waals surface area contributed by atoms with Gasteiger partial charge in [-0.1, -0.05) is 26.8 Å². The molecule has 0 saturated carbocycles. The maximum Gasteiger partial charge on any atom is 0.253 e. The van der Waals surface area contributed by atoms with E-state index >= 15 is 0 Å². The molecule has 0 bridgehead atoms. The number of benzene rings is 1. The van der Waals surface area contributed by atoms with Crippen LogP contribution in [-0.2, 0) is 13.0 Å². The number of carbonyl (C=O) groups is 1. The topological polar surface area (TPSA) is 68.1 Å². The highest BCUT2D eigenvalue weighted by Gasteiger charge is 2.18. The number of rotatable bonds is 8. The van der Waals surface area contributed by atoms with Crippen molar-refractivity contribution in [2.45, 2.75) is 40.2 Å². The third-order valence-electron chi connectivity index (χ3n) is 5.55. The molecule has 0 fully saturated rings. The van der Waals surface area contributed by atoms with Crippen LogP contribution in [0.25, 0.3) is 5.65 Å². The van der Waals surface area contributed by atoms with Gasteiger partial charge in [0.1, 0.15) is 11.5 Å². The van der Waals surface area contributed by atoms with Crippen molar-refractivity contribution in [2.24, 2.45) is 5.92 Å². The normalized spacial score (nSPS) is 12.5. The Morgan fingerprint density at radius 3 is 2.81 bits per heavy atom. The summed E-state index contributed by atoms with van der Waals surface area (Å²) in [7, 11) is 2.09. The lowest BCUT2D eigenvalue weighted by atomic mass is 10.1. The Balaban J connectivity index is 1.53. The highest BCUT2D eigenvalue weighted by atomic mass is 16.7. The molecular formula is C24H30N4O3. The fourth-order valence-corrected chi connectivity index (χ4v) is 3.75. The third kappa shape index (κ3) is 4.45. The fourth-order valence-electron chi connectivity index (χ4n) is 3.75. The summed E-state index contributed by atoms with van der Waals surface area (Å²) in [6, 6.07) is 9.44. The van der Waals surface area contributed by atoms with Crippen LogP contribution in [0, 0.1) is 5.92 Å². The lowest BCUT2D eigenvalue weighted by Gasteiger charge is -2.21. The highest BCUT2D eigenvalue weighted by Crippen LogP contribution is 2.32. The van der Waals surface area contributed by atoms with Crippen LogP contribution in [0.5, 0.6) is 11.5 Å². The van der Waals surface area contributed by atoms with E-state index in [1.165, 1.54) is 0 Å². The van der Waals surface area contributed by atoms with Gasteiger partial charge in [0.2, 0.25) is 6.79 Å². The van der Waals surface area contributed by atoms with Gasteiger partial charge in [-0.3, -0.25) is 9.20 Å². The van der Waals surface area contributed by atoms with Gasteiger partial charge < -0.3 is 19.7 Å². The third-order valence-corrected chi connectivity index (χ3v) is 5.55. The molecule has 3 heterocycles. The molecule has 31 heavy (non-hydrogen) atoms. The number of aryl methyl sites for hydroxylation is 1. The number of nitrogens with zero attached hydrogens (tertiary/aromatic N) is 3.